The number of aldehydes is 1. The normalized spacial score (nSPS) is 14.4. The number of hydrogen-bond acceptors (Lipinski definition) is 3. The SMILES string of the molecule is CC(C)C(c1ccccc1)C(C=O)NC(=O)OC(C)(C)C. The van der Waals surface area contributed by atoms with Gasteiger partial charge in [0.1, 0.15) is 11.9 Å². The number of carbonyl (C=O) groups excluding carboxylic acids is 2. The molecule has 1 amide bonds. The summed E-state index contributed by atoms with van der Waals surface area (Å²) in [6.07, 6.45) is 0.211. The molecule has 0 spiro atoms. The zero-order valence-corrected chi connectivity index (χ0v) is 13.4. The van der Waals surface area contributed by atoms with Gasteiger partial charge in [-0.25, -0.2) is 4.79 Å². The Morgan fingerprint density at radius 2 is 1.76 bits per heavy atom. The molecule has 0 aliphatic rings. The van der Waals surface area contributed by atoms with Gasteiger partial charge in [-0.2, -0.15) is 0 Å². The van der Waals surface area contributed by atoms with Crippen LogP contribution in [0, 0.1) is 5.92 Å². The number of benzene rings is 1. The van der Waals surface area contributed by atoms with E-state index in [0.717, 1.165) is 11.8 Å². The van der Waals surface area contributed by atoms with Crippen molar-refractivity contribution in [2.75, 3.05) is 0 Å². The minimum atomic E-state index is -0.609. The van der Waals surface area contributed by atoms with E-state index >= 15 is 0 Å². The first kappa shape index (κ1) is 17.2. The number of rotatable bonds is 5. The number of alkyl carbamates (subject to hydrolysis) is 1. The first-order valence-corrected chi connectivity index (χ1v) is 7.24. The van der Waals surface area contributed by atoms with Crippen LogP contribution in [0.1, 0.15) is 46.1 Å². The van der Waals surface area contributed by atoms with Gasteiger partial charge < -0.3 is 14.8 Å². The molecule has 21 heavy (non-hydrogen) atoms. The molecular weight excluding hydrogens is 266 g/mol. The monoisotopic (exact) mass is 291 g/mol. The van der Waals surface area contributed by atoms with E-state index in [9.17, 15) is 9.59 Å². The Hall–Kier alpha value is -1.84. The van der Waals surface area contributed by atoms with E-state index in [1.165, 1.54) is 0 Å². The van der Waals surface area contributed by atoms with Gasteiger partial charge >= 0.3 is 6.09 Å². The Morgan fingerprint density at radius 1 is 1.19 bits per heavy atom. The van der Waals surface area contributed by atoms with Crippen LogP contribution in [-0.4, -0.2) is 24.0 Å². The number of carbonyl (C=O) groups is 2. The second kappa shape index (κ2) is 7.25. The highest BCUT2D eigenvalue weighted by Crippen LogP contribution is 2.27. The molecule has 0 aliphatic heterocycles. The van der Waals surface area contributed by atoms with Gasteiger partial charge in [0.2, 0.25) is 0 Å². The lowest BCUT2D eigenvalue weighted by Crippen LogP contribution is -2.44. The number of nitrogens with one attached hydrogen (secondary N) is 1. The van der Waals surface area contributed by atoms with Gasteiger partial charge in [-0.3, -0.25) is 0 Å². The summed E-state index contributed by atoms with van der Waals surface area (Å²) in [4.78, 5) is 23.3. The maximum Gasteiger partial charge on any atom is 0.408 e. The molecule has 0 radical (unpaired) electrons. The largest absolute Gasteiger partial charge is 0.444 e. The molecule has 1 aromatic carbocycles. The third-order valence-electron chi connectivity index (χ3n) is 3.12. The summed E-state index contributed by atoms with van der Waals surface area (Å²) in [7, 11) is 0. The molecule has 2 unspecified atom stereocenters. The van der Waals surface area contributed by atoms with Crippen molar-refractivity contribution in [3.8, 4) is 0 Å². The van der Waals surface area contributed by atoms with E-state index in [4.69, 9.17) is 4.74 Å². The number of amides is 1. The molecule has 0 fully saturated rings. The smallest absolute Gasteiger partial charge is 0.408 e. The molecule has 0 aliphatic carbocycles. The average Bonchev–Trinajstić information content (AvgIpc) is 2.36. The second-order valence-corrected chi connectivity index (χ2v) is 6.49. The van der Waals surface area contributed by atoms with E-state index < -0.39 is 17.7 Å². The maximum atomic E-state index is 11.9. The van der Waals surface area contributed by atoms with Crippen molar-refractivity contribution in [1.29, 1.82) is 0 Å². The van der Waals surface area contributed by atoms with Crippen LogP contribution in [0.3, 0.4) is 0 Å². The van der Waals surface area contributed by atoms with E-state index in [0.29, 0.717) is 0 Å². The van der Waals surface area contributed by atoms with Gasteiger partial charge in [0.25, 0.3) is 0 Å². The topological polar surface area (TPSA) is 55.4 Å². The number of hydrogen-bond donors (Lipinski definition) is 1. The van der Waals surface area contributed by atoms with Crippen molar-refractivity contribution in [3.63, 3.8) is 0 Å². The van der Waals surface area contributed by atoms with Crippen molar-refractivity contribution in [2.45, 2.75) is 52.2 Å². The predicted octanol–water partition coefficient (Wildman–Crippen LogP) is 3.52. The van der Waals surface area contributed by atoms with E-state index in [2.05, 4.69) is 5.32 Å². The van der Waals surface area contributed by atoms with Crippen LogP contribution in [0.4, 0.5) is 4.79 Å². The minimum absolute atomic E-state index is 0.0868. The first-order chi connectivity index (χ1) is 9.74. The second-order valence-electron chi connectivity index (χ2n) is 6.49. The van der Waals surface area contributed by atoms with Crippen LogP contribution < -0.4 is 5.32 Å². The molecule has 1 rings (SSSR count). The zero-order chi connectivity index (χ0) is 16.0. The molecule has 1 N–H and O–H groups in total. The van der Waals surface area contributed by atoms with Crippen LogP contribution in [0.2, 0.25) is 0 Å². The van der Waals surface area contributed by atoms with Crippen molar-refractivity contribution in [1.82, 2.24) is 5.32 Å². The summed E-state index contributed by atoms with van der Waals surface area (Å²) < 4.78 is 5.23. The fourth-order valence-electron chi connectivity index (χ4n) is 2.33. The molecule has 4 nitrogen and oxygen atoms in total. The highest BCUT2D eigenvalue weighted by molar-refractivity contribution is 5.74. The van der Waals surface area contributed by atoms with E-state index in [-0.39, 0.29) is 11.8 Å². The van der Waals surface area contributed by atoms with E-state index in [1.54, 1.807) is 20.8 Å². The molecule has 0 saturated carbocycles. The van der Waals surface area contributed by atoms with Gasteiger partial charge in [-0.05, 0) is 32.3 Å². The van der Waals surface area contributed by atoms with Crippen molar-refractivity contribution >= 4 is 12.4 Å². The van der Waals surface area contributed by atoms with Crippen molar-refractivity contribution in [3.05, 3.63) is 35.9 Å². The van der Waals surface area contributed by atoms with Crippen LogP contribution in [0.25, 0.3) is 0 Å². The molecule has 2 atom stereocenters. The zero-order valence-electron chi connectivity index (χ0n) is 13.4. The third kappa shape index (κ3) is 5.58. The van der Waals surface area contributed by atoms with Gasteiger partial charge in [0.15, 0.2) is 0 Å². The molecular formula is C17H25NO3. The van der Waals surface area contributed by atoms with Gasteiger partial charge in [-0.15, -0.1) is 0 Å². The van der Waals surface area contributed by atoms with E-state index in [1.807, 2.05) is 44.2 Å². The average molecular weight is 291 g/mol. The molecule has 116 valence electrons. The Morgan fingerprint density at radius 3 is 2.19 bits per heavy atom. The predicted molar refractivity (Wildman–Crippen MR) is 83.2 cm³/mol. The highest BCUT2D eigenvalue weighted by Gasteiger charge is 2.28. The third-order valence-corrected chi connectivity index (χ3v) is 3.12. The standard InChI is InChI=1S/C17H25NO3/c1-12(2)15(13-9-7-6-8-10-13)14(11-19)18-16(20)21-17(3,4)5/h6-12,14-15H,1-5H3,(H,18,20). The van der Waals surface area contributed by atoms with Crippen LogP contribution in [0.15, 0.2) is 30.3 Å². The van der Waals surface area contributed by atoms with Crippen molar-refractivity contribution < 1.29 is 14.3 Å². The summed E-state index contributed by atoms with van der Waals surface area (Å²) >= 11 is 0. The summed E-state index contributed by atoms with van der Waals surface area (Å²) in [6.45, 7) is 9.44. The molecule has 0 aromatic heterocycles. The van der Waals surface area contributed by atoms with Gasteiger partial charge in [0.05, 0.1) is 6.04 Å². The molecule has 0 saturated heterocycles. The quantitative estimate of drug-likeness (QED) is 0.844. The highest BCUT2D eigenvalue weighted by atomic mass is 16.6. The van der Waals surface area contributed by atoms with Gasteiger partial charge in [-0.1, -0.05) is 44.2 Å². The summed E-state index contributed by atoms with van der Waals surface area (Å²) in [5.74, 6) is 0.119. The Balaban J connectivity index is 2.89. The first-order valence-electron chi connectivity index (χ1n) is 7.24. The molecule has 1 aromatic rings. The lowest BCUT2D eigenvalue weighted by atomic mass is 9.83. The lowest BCUT2D eigenvalue weighted by Gasteiger charge is -2.29. The Kier molecular flexibility index (Phi) is 5.94. The molecule has 0 heterocycles. The van der Waals surface area contributed by atoms with Gasteiger partial charge in [0, 0.05) is 5.92 Å². The van der Waals surface area contributed by atoms with Crippen LogP contribution in [0.5, 0.6) is 0 Å². The summed E-state index contributed by atoms with van der Waals surface area (Å²) in [5, 5.41) is 2.67. The van der Waals surface area contributed by atoms with Crippen LogP contribution in [-0.2, 0) is 9.53 Å². The number of ether oxygens (including phenoxy) is 1. The summed E-state index contributed by atoms with van der Waals surface area (Å²) in [5.41, 5.74) is 0.443. The van der Waals surface area contributed by atoms with Crippen LogP contribution >= 0.6 is 0 Å². The minimum Gasteiger partial charge on any atom is -0.444 e. The fraction of sp³-hybridized carbons (Fsp3) is 0.529. The fourth-order valence-corrected chi connectivity index (χ4v) is 2.33. The Labute approximate surface area is 126 Å². The molecule has 4 heteroatoms. The van der Waals surface area contributed by atoms with Crippen molar-refractivity contribution in [2.24, 2.45) is 5.92 Å². The summed E-state index contributed by atoms with van der Waals surface area (Å²) in [6, 6.07) is 9.12. The molecule has 0 bridgehead atoms. The maximum absolute atomic E-state index is 11.9. The lowest BCUT2D eigenvalue weighted by molar-refractivity contribution is -0.110. The Bertz CT molecular complexity index is 463.